The first-order valence-electron chi connectivity index (χ1n) is 7.29. The molecule has 1 aliphatic rings. The predicted molar refractivity (Wildman–Crippen MR) is 73.8 cm³/mol. The van der Waals surface area contributed by atoms with Crippen LogP contribution in [0.2, 0.25) is 0 Å². The van der Waals surface area contributed by atoms with E-state index in [1.54, 1.807) is 0 Å². The summed E-state index contributed by atoms with van der Waals surface area (Å²) in [6, 6.07) is 0. The number of aliphatic hydroxyl groups excluding tert-OH is 1. The van der Waals surface area contributed by atoms with Gasteiger partial charge < -0.3 is 14.6 Å². The van der Waals surface area contributed by atoms with Crippen LogP contribution in [-0.2, 0) is 14.3 Å². The molecule has 1 aliphatic heterocycles. The minimum absolute atomic E-state index is 0.0683. The van der Waals surface area contributed by atoms with Crippen LogP contribution in [0.25, 0.3) is 0 Å². The minimum Gasteiger partial charge on any atom is -0.392 e. The van der Waals surface area contributed by atoms with Gasteiger partial charge in [0, 0.05) is 19.3 Å². The molecule has 19 heavy (non-hydrogen) atoms. The standard InChI is InChI=1S/C15H28O4/c1-6-12-9-13(19-15(4,5)18-12)7-11(16)8-14(17)10(2)3/h10,12-14,17H,6-9H2,1-5H3/t12-,13+,14+/m1/s1. The van der Waals surface area contributed by atoms with Gasteiger partial charge in [0.05, 0.1) is 18.3 Å². The molecule has 1 fully saturated rings. The van der Waals surface area contributed by atoms with Crippen LogP contribution in [0.1, 0.15) is 60.3 Å². The van der Waals surface area contributed by atoms with Gasteiger partial charge in [0.2, 0.25) is 0 Å². The summed E-state index contributed by atoms with van der Waals surface area (Å²) < 4.78 is 11.6. The normalized spacial score (nSPS) is 28.4. The first kappa shape index (κ1) is 16.6. The number of hydrogen-bond acceptors (Lipinski definition) is 4. The molecule has 1 saturated heterocycles. The molecule has 0 aromatic rings. The SMILES string of the molecule is CC[C@@H]1C[C@H](CC(=O)C[C@H](O)C(C)C)OC(C)(C)O1. The number of carbonyl (C=O) groups is 1. The Hall–Kier alpha value is -0.450. The zero-order valence-corrected chi connectivity index (χ0v) is 12.8. The van der Waals surface area contributed by atoms with E-state index in [0.29, 0.717) is 6.42 Å². The highest BCUT2D eigenvalue weighted by Gasteiger charge is 2.35. The summed E-state index contributed by atoms with van der Waals surface area (Å²) in [6.45, 7) is 9.68. The number of Topliss-reactive ketones (excluding diaryl/α,β-unsaturated/α-hetero) is 1. The Morgan fingerprint density at radius 3 is 2.42 bits per heavy atom. The summed E-state index contributed by atoms with van der Waals surface area (Å²) in [6.07, 6.45) is 1.76. The number of carbonyl (C=O) groups excluding carboxylic acids is 1. The van der Waals surface area contributed by atoms with Crippen LogP contribution < -0.4 is 0 Å². The molecule has 112 valence electrons. The monoisotopic (exact) mass is 272 g/mol. The zero-order chi connectivity index (χ0) is 14.6. The van der Waals surface area contributed by atoms with E-state index < -0.39 is 11.9 Å². The third-order valence-corrected chi connectivity index (χ3v) is 3.54. The average molecular weight is 272 g/mol. The third-order valence-electron chi connectivity index (χ3n) is 3.54. The van der Waals surface area contributed by atoms with Gasteiger partial charge in [0.1, 0.15) is 5.78 Å². The van der Waals surface area contributed by atoms with Crippen molar-refractivity contribution in [1.82, 2.24) is 0 Å². The van der Waals surface area contributed by atoms with Gasteiger partial charge in [-0.2, -0.15) is 0 Å². The lowest BCUT2D eigenvalue weighted by molar-refractivity contribution is -0.299. The van der Waals surface area contributed by atoms with Gasteiger partial charge in [0.25, 0.3) is 0 Å². The summed E-state index contributed by atoms with van der Waals surface area (Å²) in [5, 5.41) is 9.74. The van der Waals surface area contributed by atoms with Crippen LogP contribution in [-0.4, -0.2) is 35.0 Å². The summed E-state index contributed by atoms with van der Waals surface area (Å²) in [7, 11) is 0. The van der Waals surface area contributed by atoms with Gasteiger partial charge in [-0.25, -0.2) is 0 Å². The van der Waals surface area contributed by atoms with Crippen molar-refractivity contribution in [1.29, 1.82) is 0 Å². The second-order valence-corrected chi connectivity index (χ2v) is 6.28. The maximum absolute atomic E-state index is 12.0. The molecule has 0 unspecified atom stereocenters. The summed E-state index contributed by atoms with van der Waals surface area (Å²) in [4.78, 5) is 12.0. The summed E-state index contributed by atoms with van der Waals surface area (Å²) in [5.74, 6) is -0.446. The number of ether oxygens (including phenoxy) is 2. The number of ketones is 1. The Labute approximate surface area is 116 Å². The Kier molecular flexibility index (Phi) is 5.96. The van der Waals surface area contributed by atoms with E-state index >= 15 is 0 Å². The molecular weight excluding hydrogens is 244 g/mol. The Balaban J connectivity index is 2.49. The van der Waals surface area contributed by atoms with Gasteiger partial charge in [-0.3, -0.25) is 4.79 Å². The molecule has 0 bridgehead atoms. The third kappa shape index (κ3) is 5.59. The fourth-order valence-electron chi connectivity index (χ4n) is 2.40. The number of rotatable bonds is 6. The van der Waals surface area contributed by atoms with E-state index in [-0.39, 0.29) is 30.3 Å². The molecule has 0 radical (unpaired) electrons. The zero-order valence-electron chi connectivity index (χ0n) is 12.8. The lowest BCUT2D eigenvalue weighted by Crippen LogP contribution is -2.45. The van der Waals surface area contributed by atoms with E-state index in [2.05, 4.69) is 6.92 Å². The smallest absolute Gasteiger partial charge is 0.163 e. The second kappa shape index (κ2) is 6.82. The topological polar surface area (TPSA) is 55.8 Å². The molecule has 3 atom stereocenters. The molecule has 4 nitrogen and oxygen atoms in total. The van der Waals surface area contributed by atoms with Gasteiger partial charge in [-0.1, -0.05) is 20.8 Å². The van der Waals surface area contributed by atoms with Crippen LogP contribution in [0.3, 0.4) is 0 Å². The van der Waals surface area contributed by atoms with Gasteiger partial charge in [0.15, 0.2) is 5.79 Å². The number of hydrogen-bond donors (Lipinski definition) is 1. The van der Waals surface area contributed by atoms with Crippen molar-refractivity contribution >= 4 is 5.78 Å². The van der Waals surface area contributed by atoms with Crippen molar-refractivity contribution < 1.29 is 19.4 Å². The first-order valence-corrected chi connectivity index (χ1v) is 7.29. The van der Waals surface area contributed by atoms with Crippen molar-refractivity contribution in [2.45, 2.75) is 84.4 Å². The maximum atomic E-state index is 12.0. The number of aliphatic hydroxyl groups is 1. The van der Waals surface area contributed by atoms with Crippen molar-refractivity contribution in [2.24, 2.45) is 5.92 Å². The lowest BCUT2D eigenvalue weighted by atomic mass is 9.96. The largest absolute Gasteiger partial charge is 0.392 e. The Morgan fingerprint density at radius 2 is 1.89 bits per heavy atom. The molecule has 1 rings (SSSR count). The molecule has 1 N–H and O–H groups in total. The van der Waals surface area contributed by atoms with Crippen LogP contribution in [0.15, 0.2) is 0 Å². The molecular formula is C15H28O4. The van der Waals surface area contributed by atoms with E-state index in [1.807, 2.05) is 27.7 Å². The van der Waals surface area contributed by atoms with Crippen molar-refractivity contribution in [3.8, 4) is 0 Å². The van der Waals surface area contributed by atoms with E-state index in [0.717, 1.165) is 12.8 Å². The van der Waals surface area contributed by atoms with Crippen molar-refractivity contribution in [3.63, 3.8) is 0 Å². The Bertz CT molecular complexity index is 299. The molecule has 0 saturated carbocycles. The minimum atomic E-state index is -0.624. The molecule has 1 heterocycles. The highest BCUT2D eigenvalue weighted by Crippen LogP contribution is 2.30. The van der Waals surface area contributed by atoms with Crippen molar-refractivity contribution in [2.75, 3.05) is 0 Å². The predicted octanol–water partition coefficient (Wildman–Crippen LogP) is 2.67. The van der Waals surface area contributed by atoms with E-state index in [1.165, 1.54) is 0 Å². The van der Waals surface area contributed by atoms with Crippen LogP contribution >= 0.6 is 0 Å². The summed E-state index contributed by atoms with van der Waals surface area (Å²) in [5.41, 5.74) is 0. The van der Waals surface area contributed by atoms with Crippen molar-refractivity contribution in [3.05, 3.63) is 0 Å². The van der Waals surface area contributed by atoms with Gasteiger partial charge in [-0.05, 0) is 26.2 Å². The molecule has 4 heteroatoms. The van der Waals surface area contributed by atoms with Gasteiger partial charge in [-0.15, -0.1) is 0 Å². The maximum Gasteiger partial charge on any atom is 0.163 e. The lowest BCUT2D eigenvalue weighted by Gasteiger charge is -2.40. The van der Waals surface area contributed by atoms with Crippen LogP contribution in [0, 0.1) is 5.92 Å². The quantitative estimate of drug-likeness (QED) is 0.807. The highest BCUT2D eigenvalue weighted by molar-refractivity contribution is 5.79. The molecule has 0 aromatic heterocycles. The second-order valence-electron chi connectivity index (χ2n) is 6.28. The fraction of sp³-hybridized carbons (Fsp3) is 0.933. The highest BCUT2D eigenvalue weighted by atomic mass is 16.7. The Morgan fingerprint density at radius 1 is 1.32 bits per heavy atom. The fourth-order valence-corrected chi connectivity index (χ4v) is 2.40. The van der Waals surface area contributed by atoms with Gasteiger partial charge >= 0.3 is 0 Å². The van der Waals surface area contributed by atoms with Crippen LogP contribution in [0.5, 0.6) is 0 Å². The molecule has 0 aromatic carbocycles. The molecule has 0 spiro atoms. The van der Waals surface area contributed by atoms with E-state index in [9.17, 15) is 9.90 Å². The van der Waals surface area contributed by atoms with E-state index in [4.69, 9.17) is 9.47 Å². The summed E-state index contributed by atoms with van der Waals surface area (Å²) >= 11 is 0. The average Bonchev–Trinajstić information content (AvgIpc) is 2.26. The first-order chi connectivity index (χ1) is 8.73. The van der Waals surface area contributed by atoms with Crippen LogP contribution in [0.4, 0.5) is 0 Å². The molecule has 0 amide bonds. The molecule has 0 aliphatic carbocycles.